The van der Waals surface area contributed by atoms with E-state index in [9.17, 15) is 60.7 Å². The van der Waals surface area contributed by atoms with Gasteiger partial charge in [-0.25, -0.2) is 0 Å². The third kappa shape index (κ3) is 5.06. The van der Waals surface area contributed by atoms with Crippen molar-refractivity contribution in [2.24, 2.45) is 0 Å². The van der Waals surface area contributed by atoms with Crippen molar-refractivity contribution in [2.45, 2.75) is 0 Å². The first kappa shape index (κ1) is 26.1. The molecule has 0 saturated carbocycles. The number of hydrogen-bond donors (Lipinski definition) is 0. The second-order valence-corrected chi connectivity index (χ2v) is 5.62. The average Bonchev–Trinajstić information content (AvgIpc) is 2.69. The van der Waals surface area contributed by atoms with E-state index in [4.69, 9.17) is 0 Å². The van der Waals surface area contributed by atoms with Crippen LogP contribution in [0.5, 0.6) is 0 Å². The summed E-state index contributed by atoms with van der Waals surface area (Å²) in [5.74, 6) is 0. The van der Waals surface area contributed by atoms with E-state index in [1.165, 1.54) is 0 Å². The normalized spacial score (nSPS) is 10.3. The summed E-state index contributed by atoms with van der Waals surface area (Å²) in [4.78, 5) is 59.3. The molecule has 0 bridgehead atoms. The van der Waals surface area contributed by atoms with Crippen LogP contribution in [0.2, 0.25) is 0 Å². The van der Waals surface area contributed by atoms with E-state index >= 15 is 0 Å². The van der Waals surface area contributed by atoms with E-state index < -0.39 is 74.8 Å². The van der Waals surface area contributed by atoms with Crippen molar-refractivity contribution in [3.63, 3.8) is 0 Å². The molecule has 170 valence electrons. The summed E-state index contributed by atoms with van der Waals surface area (Å²) in [6, 6.07) is 2.70. The van der Waals surface area contributed by atoms with Gasteiger partial charge in [-0.2, -0.15) is 0 Å². The Morgan fingerprint density at radius 3 is 0.939 bits per heavy atom. The van der Waals surface area contributed by atoms with Gasteiger partial charge in [-0.1, -0.05) is 0 Å². The molecule has 0 aliphatic carbocycles. The van der Waals surface area contributed by atoms with E-state index in [2.05, 4.69) is 0 Å². The average molecular weight is 480 g/mol. The first-order valence-corrected chi connectivity index (χ1v) is 7.76. The van der Waals surface area contributed by atoms with Gasteiger partial charge in [0, 0.05) is 12.1 Å². The molecule has 0 amide bonds. The fourth-order valence-corrected chi connectivity index (χ4v) is 2.66. The molecule has 0 fully saturated rings. The SMILES string of the molecule is O=[N+]([O-])c1ccc(/C=C/c2ccc([N+](=O)[O-])c([N+](=O)[O-])c2[N+](=O)[O-])c([N+](=O)[O-])c1[N+](=O)[O-].[AlH3]. The lowest BCUT2D eigenvalue weighted by Gasteiger charge is -2.02. The fraction of sp³-hybridized carbons (Fsp3) is 0. The number of rotatable bonds is 8. The molecule has 0 saturated heterocycles. The maximum Gasteiger partial charge on any atom is 0.422 e. The summed E-state index contributed by atoms with van der Waals surface area (Å²) in [6.45, 7) is 0. The highest BCUT2D eigenvalue weighted by atomic mass is 27.0. The zero-order valence-electron chi connectivity index (χ0n) is 15.0. The molecule has 0 aliphatic heterocycles. The standard InChI is InChI=1S/C14H6N6O12.Al.3H/c21-15(22)9-5-3-7(11(17(25)26)13(9)19(29)30)1-2-8-4-6-10(16(23)24)14(20(31)32)12(8)18(27)28;;;;/h1-6H;;;;/b2-1+;;;;. The zero-order valence-corrected chi connectivity index (χ0v) is 15.0. The Hall–Kier alpha value is -4.89. The molecule has 19 heteroatoms. The molecule has 0 N–H and O–H groups in total. The molecule has 0 radical (unpaired) electrons. The second-order valence-electron chi connectivity index (χ2n) is 5.62. The quantitative estimate of drug-likeness (QED) is 0.228. The van der Waals surface area contributed by atoms with Crippen molar-refractivity contribution in [2.75, 3.05) is 0 Å². The lowest BCUT2D eigenvalue weighted by molar-refractivity contribution is -0.441. The van der Waals surface area contributed by atoms with Gasteiger partial charge in [-0.15, -0.1) is 0 Å². The molecule has 33 heavy (non-hydrogen) atoms. The molecular formula is C14H9AlN6O12. The minimum absolute atomic E-state index is 0. The number of nitrogens with zero attached hydrogens (tertiary/aromatic N) is 6. The first-order chi connectivity index (χ1) is 14.9. The summed E-state index contributed by atoms with van der Waals surface area (Å²) in [6.07, 6.45) is 1.43. The molecule has 2 aromatic carbocycles. The van der Waals surface area contributed by atoms with Crippen LogP contribution in [0.25, 0.3) is 12.2 Å². The molecule has 0 heterocycles. The monoisotopic (exact) mass is 480 g/mol. The minimum Gasteiger partial charge on any atom is -0.258 e. The van der Waals surface area contributed by atoms with Gasteiger partial charge in [-0.3, -0.25) is 60.7 Å². The van der Waals surface area contributed by atoms with Crippen LogP contribution < -0.4 is 0 Å². The van der Waals surface area contributed by atoms with Crippen LogP contribution in [-0.4, -0.2) is 46.9 Å². The number of benzene rings is 2. The van der Waals surface area contributed by atoms with Gasteiger partial charge >= 0.3 is 34.1 Å². The Morgan fingerprint density at radius 2 is 0.727 bits per heavy atom. The molecule has 0 spiro atoms. The zero-order chi connectivity index (χ0) is 24.3. The highest BCUT2D eigenvalue weighted by Crippen LogP contribution is 2.42. The van der Waals surface area contributed by atoms with Crippen molar-refractivity contribution in [1.82, 2.24) is 0 Å². The molecule has 0 atom stereocenters. The van der Waals surface area contributed by atoms with Crippen molar-refractivity contribution in [1.29, 1.82) is 0 Å². The Kier molecular flexibility index (Phi) is 7.88. The summed E-state index contributed by atoms with van der Waals surface area (Å²) in [5.41, 5.74) is -9.08. The van der Waals surface area contributed by atoms with Crippen LogP contribution in [0.3, 0.4) is 0 Å². The fourth-order valence-electron chi connectivity index (χ4n) is 2.66. The van der Waals surface area contributed by atoms with Gasteiger partial charge in [0.05, 0.1) is 40.7 Å². The van der Waals surface area contributed by atoms with Crippen LogP contribution >= 0.6 is 0 Å². The Labute approximate surface area is 189 Å². The smallest absolute Gasteiger partial charge is 0.258 e. The number of nitro groups is 6. The van der Waals surface area contributed by atoms with Crippen LogP contribution in [-0.2, 0) is 0 Å². The van der Waals surface area contributed by atoms with E-state index in [1.54, 1.807) is 0 Å². The second kappa shape index (κ2) is 9.95. The third-order valence-corrected chi connectivity index (χ3v) is 3.89. The van der Waals surface area contributed by atoms with Crippen molar-refractivity contribution >= 4 is 63.6 Å². The Morgan fingerprint density at radius 1 is 0.455 bits per heavy atom. The van der Waals surface area contributed by atoms with Crippen LogP contribution in [0.1, 0.15) is 11.1 Å². The summed E-state index contributed by atoms with van der Waals surface area (Å²) < 4.78 is 0. The van der Waals surface area contributed by atoms with E-state index in [0.29, 0.717) is 24.3 Å². The molecular weight excluding hydrogens is 471 g/mol. The summed E-state index contributed by atoms with van der Waals surface area (Å²) in [5, 5.41) is 67.0. The predicted octanol–water partition coefficient (Wildman–Crippen LogP) is 2.12. The topological polar surface area (TPSA) is 259 Å². The predicted molar refractivity (Wildman–Crippen MR) is 112 cm³/mol. The largest absolute Gasteiger partial charge is 0.422 e. The highest BCUT2D eigenvalue weighted by molar-refractivity contribution is 5.85. The van der Waals surface area contributed by atoms with Gasteiger partial charge < -0.3 is 0 Å². The maximum absolute atomic E-state index is 11.3. The van der Waals surface area contributed by atoms with E-state index in [1.807, 2.05) is 0 Å². The van der Waals surface area contributed by atoms with E-state index in [-0.39, 0.29) is 17.4 Å². The lowest BCUT2D eigenvalue weighted by Crippen LogP contribution is -2.03. The molecule has 2 rings (SSSR count). The summed E-state index contributed by atoms with van der Waals surface area (Å²) >= 11 is 0. The van der Waals surface area contributed by atoms with Gasteiger partial charge in [-0.05, 0) is 24.3 Å². The van der Waals surface area contributed by atoms with Gasteiger partial charge in [0.1, 0.15) is 0 Å². The van der Waals surface area contributed by atoms with E-state index in [0.717, 1.165) is 12.1 Å². The van der Waals surface area contributed by atoms with Gasteiger partial charge in [0.15, 0.2) is 17.4 Å². The third-order valence-electron chi connectivity index (χ3n) is 3.89. The van der Waals surface area contributed by atoms with Gasteiger partial charge in [0.25, 0.3) is 0 Å². The number of nitro benzene ring substituents is 6. The van der Waals surface area contributed by atoms with Crippen molar-refractivity contribution in [3.8, 4) is 0 Å². The molecule has 2 aromatic rings. The minimum atomic E-state index is -1.45. The molecule has 0 aromatic heterocycles. The molecule has 18 nitrogen and oxygen atoms in total. The number of hydrogen-bond acceptors (Lipinski definition) is 12. The van der Waals surface area contributed by atoms with Crippen LogP contribution in [0.15, 0.2) is 24.3 Å². The lowest BCUT2D eigenvalue weighted by atomic mass is 10.1. The molecule has 0 aliphatic rings. The summed E-state index contributed by atoms with van der Waals surface area (Å²) in [7, 11) is 0. The van der Waals surface area contributed by atoms with Crippen molar-refractivity contribution < 1.29 is 29.5 Å². The van der Waals surface area contributed by atoms with Gasteiger partial charge in [0.2, 0.25) is 0 Å². The van der Waals surface area contributed by atoms with Crippen molar-refractivity contribution in [3.05, 3.63) is 96.1 Å². The Balaban J connectivity index is 0.00000544. The highest BCUT2D eigenvalue weighted by Gasteiger charge is 2.39. The van der Waals surface area contributed by atoms with Crippen LogP contribution in [0.4, 0.5) is 34.1 Å². The van der Waals surface area contributed by atoms with Crippen LogP contribution in [0, 0.1) is 60.7 Å². The first-order valence-electron chi connectivity index (χ1n) is 7.76. The Bertz CT molecular complexity index is 1160. The maximum atomic E-state index is 11.3. The molecule has 0 unspecified atom stereocenters.